The topological polar surface area (TPSA) is 17.9 Å². The number of hydrogen-bond acceptors (Lipinski definition) is 4. The molecule has 0 radical (unpaired) electrons. The maximum absolute atomic E-state index is 4.03. The van der Waals surface area contributed by atoms with E-state index in [4.69, 9.17) is 0 Å². The molecule has 0 saturated carbocycles. The molecule has 3 aliphatic heterocycles. The van der Waals surface area contributed by atoms with Crippen molar-refractivity contribution in [1.29, 1.82) is 0 Å². The molecule has 1 unspecified atom stereocenters. The van der Waals surface area contributed by atoms with E-state index < -0.39 is 5.41 Å². The minimum atomic E-state index is -0.550. The van der Waals surface area contributed by atoms with Crippen molar-refractivity contribution in [2.45, 2.75) is 38.5 Å². The van der Waals surface area contributed by atoms with Crippen molar-refractivity contribution in [3.05, 3.63) is 151 Å². The standard InChI is InChI=1S/C42H37N5.Pt/c1-41(2,3)28-22-29(24-31(23-28)45-21-20-43(5)26-45)42(4)34-14-11-13-33-32-12-7-8-15-36(32)47(40(33)34)37-19-18-30(25-35(37)42)46-27-44(6)38-16-9-10-17-39(38)46;/h7-23,26-27H,1-6H3;/q-4;+4. The van der Waals surface area contributed by atoms with Gasteiger partial charge in [-0.1, -0.05) is 81.9 Å². The first-order valence-corrected chi connectivity index (χ1v) is 16.3. The van der Waals surface area contributed by atoms with Crippen molar-refractivity contribution in [3.8, 4) is 5.69 Å². The summed E-state index contributed by atoms with van der Waals surface area (Å²) in [6.07, 6.45) is 4.19. The van der Waals surface area contributed by atoms with Gasteiger partial charge in [0.1, 0.15) is 0 Å². The minimum Gasteiger partial charge on any atom is -0.510 e. The Balaban J connectivity index is 0.00000336. The van der Waals surface area contributed by atoms with Gasteiger partial charge < -0.3 is 24.2 Å². The van der Waals surface area contributed by atoms with Crippen molar-refractivity contribution >= 4 is 44.6 Å². The number of anilines is 4. The molecule has 1 aromatic heterocycles. The average Bonchev–Trinajstić information content (AvgIpc) is 3.77. The van der Waals surface area contributed by atoms with Gasteiger partial charge in [-0.15, -0.1) is 40.7 Å². The monoisotopic (exact) mass is 806 g/mol. The molecule has 0 N–H and O–H groups in total. The molecule has 5 aromatic carbocycles. The van der Waals surface area contributed by atoms with E-state index in [0.717, 1.165) is 33.9 Å². The Kier molecular flexibility index (Phi) is 6.92. The Morgan fingerprint density at radius 3 is 2.23 bits per heavy atom. The van der Waals surface area contributed by atoms with Crippen LogP contribution in [0.5, 0.6) is 0 Å². The summed E-state index contributed by atoms with van der Waals surface area (Å²) in [6.45, 7) is 13.5. The molecule has 48 heavy (non-hydrogen) atoms. The minimum absolute atomic E-state index is 0. The zero-order valence-corrected chi connectivity index (χ0v) is 30.3. The molecule has 240 valence electrons. The first-order chi connectivity index (χ1) is 22.6. The molecule has 0 fully saturated rings. The number of rotatable bonds is 3. The molecule has 4 heterocycles. The predicted octanol–water partition coefficient (Wildman–Crippen LogP) is 9.40. The van der Waals surface area contributed by atoms with Gasteiger partial charge in [0.05, 0.1) is 0 Å². The summed E-state index contributed by atoms with van der Waals surface area (Å²) >= 11 is 0. The average molecular weight is 807 g/mol. The van der Waals surface area contributed by atoms with Crippen molar-refractivity contribution < 1.29 is 21.1 Å². The Morgan fingerprint density at radius 1 is 0.708 bits per heavy atom. The van der Waals surface area contributed by atoms with Crippen LogP contribution in [-0.2, 0) is 31.9 Å². The maximum atomic E-state index is 4.03. The summed E-state index contributed by atoms with van der Waals surface area (Å²) < 4.78 is 2.46. The summed E-state index contributed by atoms with van der Waals surface area (Å²) in [6, 6.07) is 41.3. The fraction of sp³-hybridized carbons (Fsp3) is 0.190. The van der Waals surface area contributed by atoms with Gasteiger partial charge in [0.2, 0.25) is 0 Å². The van der Waals surface area contributed by atoms with Crippen LogP contribution in [-0.4, -0.2) is 23.6 Å². The Morgan fingerprint density at radius 2 is 1.46 bits per heavy atom. The Bertz CT molecular complexity index is 2280. The van der Waals surface area contributed by atoms with Gasteiger partial charge in [0.15, 0.2) is 0 Å². The molecular formula is C42H37N5Pt. The smallest absolute Gasteiger partial charge is 0.510 e. The first-order valence-electron chi connectivity index (χ1n) is 16.3. The Hall–Kier alpha value is -4.47. The molecule has 6 heteroatoms. The number of aromatic nitrogens is 1. The predicted molar refractivity (Wildman–Crippen MR) is 194 cm³/mol. The summed E-state index contributed by atoms with van der Waals surface area (Å²) in [5, 5.41) is 2.53. The van der Waals surface area contributed by atoms with Crippen molar-refractivity contribution in [2.24, 2.45) is 0 Å². The van der Waals surface area contributed by atoms with Crippen LogP contribution in [0.15, 0.2) is 103 Å². The van der Waals surface area contributed by atoms with Crippen molar-refractivity contribution in [1.82, 2.24) is 9.47 Å². The van der Waals surface area contributed by atoms with Gasteiger partial charge in [-0.25, -0.2) is 0 Å². The molecule has 0 spiro atoms. The van der Waals surface area contributed by atoms with Crippen LogP contribution in [0.4, 0.5) is 22.7 Å². The summed E-state index contributed by atoms with van der Waals surface area (Å²) in [4.78, 5) is 8.70. The summed E-state index contributed by atoms with van der Waals surface area (Å²) in [7, 11) is 4.17. The second-order valence-electron chi connectivity index (χ2n) is 14.3. The molecule has 0 saturated heterocycles. The molecule has 9 rings (SSSR count). The zero-order valence-electron chi connectivity index (χ0n) is 28.0. The van der Waals surface area contributed by atoms with E-state index in [1.807, 2.05) is 0 Å². The SMILES string of the molecule is CN1C=CN(c2[c-]c(C3(C)c4[c-]c(N5[CH-]N(C)c6ccccc65)ccc4-n4c5ccccc5c5cccc3c54)cc(C(C)(C)C)c2)[CH-]1.[Pt+4]. The molecule has 0 bridgehead atoms. The second-order valence-corrected chi connectivity index (χ2v) is 14.3. The molecule has 0 amide bonds. The van der Waals surface area contributed by atoms with Gasteiger partial charge >= 0.3 is 21.1 Å². The van der Waals surface area contributed by atoms with Crippen LogP contribution in [0.3, 0.4) is 0 Å². The van der Waals surface area contributed by atoms with E-state index in [1.54, 1.807) is 0 Å². The third kappa shape index (κ3) is 4.33. The van der Waals surface area contributed by atoms with Gasteiger partial charge in [0, 0.05) is 38.6 Å². The van der Waals surface area contributed by atoms with E-state index in [-0.39, 0.29) is 26.5 Å². The van der Waals surface area contributed by atoms with E-state index in [1.165, 1.54) is 38.6 Å². The number of nitrogens with zero attached hydrogens (tertiary/aromatic N) is 5. The molecular weight excluding hydrogens is 770 g/mol. The second kappa shape index (κ2) is 10.8. The van der Waals surface area contributed by atoms with Gasteiger partial charge in [-0.05, 0) is 55.7 Å². The van der Waals surface area contributed by atoms with Crippen LogP contribution in [0, 0.1) is 25.5 Å². The largest absolute Gasteiger partial charge is 4.00 e. The molecule has 5 nitrogen and oxygen atoms in total. The molecule has 3 aliphatic rings. The van der Waals surface area contributed by atoms with Crippen LogP contribution in [0.25, 0.3) is 27.5 Å². The molecule has 0 aliphatic carbocycles. The van der Waals surface area contributed by atoms with E-state index in [2.05, 4.69) is 195 Å². The summed E-state index contributed by atoms with van der Waals surface area (Å²) in [5.41, 5.74) is 12.2. The molecule has 6 aromatic rings. The number of fused-ring (bicyclic) bond motifs is 6. The van der Waals surface area contributed by atoms with Crippen molar-refractivity contribution in [2.75, 3.05) is 28.8 Å². The van der Waals surface area contributed by atoms with Gasteiger partial charge in [0.25, 0.3) is 0 Å². The van der Waals surface area contributed by atoms with Gasteiger partial charge in [-0.3, -0.25) is 0 Å². The van der Waals surface area contributed by atoms with E-state index in [0.29, 0.717) is 0 Å². The van der Waals surface area contributed by atoms with Crippen LogP contribution < -0.4 is 14.7 Å². The van der Waals surface area contributed by atoms with Crippen LogP contribution in [0.1, 0.15) is 49.9 Å². The van der Waals surface area contributed by atoms with E-state index >= 15 is 0 Å². The number of benzene rings is 5. The summed E-state index contributed by atoms with van der Waals surface area (Å²) in [5.74, 6) is 0. The van der Waals surface area contributed by atoms with E-state index in [9.17, 15) is 0 Å². The Labute approximate surface area is 297 Å². The fourth-order valence-corrected chi connectivity index (χ4v) is 7.71. The van der Waals surface area contributed by atoms with Crippen LogP contribution in [0.2, 0.25) is 0 Å². The first kappa shape index (κ1) is 30.8. The van der Waals surface area contributed by atoms with Crippen LogP contribution >= 0.6 is 0 Å². The zero-order chi connectivity index (χ0) is 32.2. The van der Waals surface area contributed by atoms with Crippen molar-refractivity contribution in [3.63, 3.8) is 0 Å². The quantitative estimate of drug-likeness (QED) is 0.166. The molecule has 1 atom stereocenters. The number of para-hydroxylation sites is 4. The normalized spacial score (nSPS) is 18.1. The third-order valence-electron chi connectivity index (χ3n) is 10.3. The third-order valence-corrected chi connectivity index (χ3v) is 10.3. The fourth-order valence-electron chi connectivity index (χ4n) is 7.71. The maximum Gasteiger partial charge on any atom is 4.00 e. The van der Waals surface area contributed by atoms with Gasteiger partial charge in [-0.2, -0.15) is 37.1 Å². The number of hydrogen-bond donors (Lipinski definition) is 0.